The van der Waals surface area contributed by atoms with E-state index in [1.54, 1.807) is 7.11 Å². The average Bonchev–Trinajstić information content (AvgIpc) is 2.30. The highest BCUT2D eigenvalue weighted by molar-refractivity contribution is 5.82. The minimum atomic E-state index is 0.210. The fourth-order valence-corrected chi connectivity index (χ4v) is 2.97. The van der Waals surface area contributed by atoms with E-state index in [0.29, 0.717) is 23.2 Å². The Labute approximate surface area is 118 Å². The van der Waals surface area contributed by atoms with Gasteiger partial charge in [0.2, 0.25) is 0 Å². The Balaban J connectivity index is 2.57. The van der Waals surface area contributed by atoms with Gasteiger partial charge >= 0.3 is 0 Å². The van der Waals surface area contributed by atoms with Crippen molar-refractivity contribution in [3.63, 3.8) is 0 Å². The second kappa shape index (κ2) is 6.85. The molecule has 1 saturated carbocycles. The smallest absolute Gasteiger partial charge is 0.137 e. The van der Waals surface area contributed by atoms with Crippen molar-refractivity contribution >= 4 is 5.78 Å². The van der Waals surface area contributed by atoms with Gasteiger partial charge in [-0.05, 0) is 38.1 Å². The number of rotatable bonds is 5. The minimum absolute atomic E-state index is 0.210. The van der Waals surface area contributed by atoms with Crippen molar-refractivity contribution in [1.29, 1.82) is 0 Å². The van der Waals surface area contributed by atoms with Crippen molar-refractivity contribution < 1.29 is 9.53 Å². The van der Waals surface area contributed by atoms with Gasteiger partial charge < -0.3 is 9.64 Å². The second-order valence-electron chi connectivity index (χ2n) is 7.24. The quantitative estimate of drug-likeness (QED) is 0.768. The lowest BCUT2D eigenvalue weighted by Gasteiger charge is -2.38. The molecule has 0 N–H and O–H groups in total. The number of nitrogens with zero attached hydrogens (tertiary/aromatic N) is 1. The van der Waals surface area contributed by atoms with Crippen molar-refractivity contribution in [1.82, 2.24) is 4.90 Å². The van der Waals surface area contributed by atoms with Crippen molar-refractivity contribution in [3.8, 4) is 0 Å². The molecule has 3 heteroatoms. The summed E-state index contributed by atoms with van der Waals surface area (Å²) in [5.74, 6) is 1.33. The van der Waals surface area contributed by atoms with Gasteiger partial charge in [0.25, 0.3) is 0 Å². The number of likely N-dealkylation sites (N-methyl/N-ethyl adjacent to an activating group) is 1. The Hall–Kier alpha value is -0.410. The molecule has 0 saturated heterocycles. The minimum Gasteiger partial charge on any atom is -0.383 e. The second-order valence-corrected chi connectivity index (χ2v) is 7.24. The van der Waals surface area contributed by atoms with Crippen LogP contribution in [0.3, 0.4) is 0 Å². The summed E-state index contributed by atoms with van der Waals surface area (Å²) >= 11 is 0. The van der Waals surface area contributed by atoms with Gasteiger partial charge in [0, 0.05) is 32.0 Å². The van der Waals surface area contributed by atoms with E-state index in [1.165, 1.54) is 0 Å². The van der Waals surface area contributed by atoms with Crippen LogP contribution in [0.2, 0.25) is 0 Å². The van der Waals surface area contributed by atoms with E-state index in [-0.39, 0.29) is 5.92 Å². The zero-order chi connectivity index (χ0) is 14.6. The summed E-state index contributed by atoms with van der Waals surface area (Å²) in [4.78, 5) is 14.4. The summed E-state index contributed by atoms with van der Waals surface area (Å²) in [6, 6.07) is 0.368. The maximum absolute atomic E-state index is 12.1. The predicted octanol–water partition coefficient (Wildman–Crippen LogP) is 2.98. The third-order valence-electron chi connectivity index (χ3n) is 4.66. The zero-order valence-corrected chi connectivity index (χ0v) is 13.5. The Bertz CT molecular complexity index is 296. The summed E-state index contributed by atoms with van der Waals surface area (Å²) in [5, 5.41) is 0. The topological polar surface area (TPSA) is 29.5 Å². The molecule has 1 aliphatic rings. The number of carbonyl (C=O) groups excluding carboxylic acids is 1. The van der Waals surface area contributed by atoms with Crippen LogP contribution in [0.1, 0.15) is 47.0 Å². The predicted molar refractivity (Wildman–Crippen MR) is 79.3 cm³/mol. The van der Waals surface area contributed by atoms with Crippen LogP contribution in [0, 0.1) is 17.3 Å². The number of carbonyl (C=O) groups is 1. The number of methoxy groups -OCH3 is 1. The number of hydrogen-bond donors (Lipinski definition) is 0. The molecule has 0 heterocycles. The molecule has 0 aromatic carbocycles. The van der Waals surface area contributed by atoms with Gasteiger partial charge in [-0.2, -0.15) is 0 Å². The molecule has 0 radical (unpaired) electrons. The van der Waals surface area contributed by atoms with Crippen LogP contribution in [0.15, 0.2) is 0 Å². The first-order valence-electron chi connectivity index (χ1n) is 7.47. The third kappa shape index (κ3) is 4.88. The van der Waals surface area contributed by atoms with Gasteiger partial charge in [0.15, 0.2) is 0 Å². The van der Waals surface area contributed by atoms with E-state index in [9.17, 15) is 4.79 Å². The van der Waals surface area contributed by atoms with Crippen LogP contribution >= 0.6 is 0 Å². The van der Waals surface area contributed by atoms with Gasteiger partial charge in [-0.1, -0.05) is 20.8 Å². The van der Waals surface area contributed by atoms with Crippen molar-refractivity contribution in [2.45, 2.75) is 53.0 Å². The van der Waals surface area contributed by atoms with E-state index < -0.39 is 0 Å². The SMILES string of the molecule is COCC(C)N(C)CC1CC(C(C)(C)C)CCC1=O. The van der Waals surface area contributed by atoms with Crippen LogP contribution < -0.4 is 0 Å². The van der Waals surface area contributed by atoms with Crippen LogP contribution in [0.5, 0.6) is 0 Å². The lowest BCUT2D eigenvalue weighted by molar-refractivity contribution is -0.127. The third-order valence-corrected chi connectivity index (χ3v) is 4.66. The largest absolute Gasteiger partial charge is 0.383 e. The van der Waals surface area contributed by atoms with Crippen LogP contribution in [0.25, 0.3) is 0 Å². The number of ether oxygens (including phenoxy) is 1. The monoisotopic (exact) mass is 269 g/mol. The lowest BCUT2D eigenvalue weighted by atomic mass is 9.68. The summed E-state index contributed by atoms with van der Waals surface area (Å²) in [5.41, 5.74) is 0.315. The Kier molecular flexibility index (Phi) is 6.00. The van der Waals surface area contributed by atoms with Crippen molar-refractivity contribution in [2.24, 2.45) is 17.3 Å². The van der Waals surface area contributed by atoms with Crippen LogP contribution in [0.4, 0.5) is 0 Å². The molecule has 3 atom stereocenters. The molecule has 112 valence electrons. The maximum Gasteiger partial charge on any atom is 0.137 e. The van der Waals surface area contributed by atoms with E-state index in [2.05, 4.69) is 39.6 Å². The maximum atomic E-state index is 12.1. The first kappa shape index (κ1) is 16.6. The first-order chi connectivity index (χ1) is 8.75. The number of ketones is 1. The summed E-state index contributed by atoms with van der Waals surface area (Å²) in [6.07, 6.45) is 2.88. The molecule has 0 aliphatic heterocycles. The van der Waals surface area contributed by atoms with Gasteiger partial charge in [-0.3, -0.25) is 4.79 Å². The van der Waals surface area contributed by atoms with Crippen molar-refractivity contribution in [2.75, 3.05) is 27.3 Å². The zero-order valence-electron chi connectivity index (χ0n) is 13.5. The van der Waals surface area contributed by atoms with E-state index in [0.717, 1.165) is 32.4 Å². The highest BCUT2D eigenvalue weighted by Gasteiger charge is 2.35. The van der Waals surface area contributed by atoms with Gasteiger partial charge in [-0.25, -0.2) is 0 Å². The first-order valence-corrected chi connectivity index (χ1v) is 7.47. The highest BCUT2D eigenvalue weighted by atomic mass is 16.5. The summed E-state index contributed by atoms with van der Waals surface area (Å²) in [6.45, 7) is 10.6. The van der Waals surface area contributed by atoms with Gasteiger partial charge in [-0.15, -0.1) is 0 Å². The molecule has 0 spiro atoms. The fourth-order valence-electron chi connectivity index (χ4n) is 2.97. The standard InChI is InChI=1S/C16H31NO2/c1-12(11-19-6)17(5)10-13-9-14(16(2,3)4)7-8-15(13)18/h12-14H,7-11H2,1-6H3. The van der Waals surface area contributed by atoms with E-state index >= 15 is 0 Å². The molecule has 0 aromatic heterocycles. The molecule has 1 fully saturated rings. The number of Topliss-reactive ketones (excluding diaryl/α,β-unsaturated/α-hetero) is 1. The molecule has 1 rings (SSSR count). The molecule has 0 amide bonds. The molecule has 0 bridgehead atoms. The molecule has 0 aromatic rings. The highest BCUT2D eigenvalue weighted by Crippen LogP contribution is 2.39. The molecule has 19 heavy (non-hydrogen) atoms. The summed E-state index contributed by atoms with van der Waals surface area (Å²) < 4.78 is 5.19. The fraction of sp³-hybridized carbons (Fsp3) is 0.938. The average molecular weight is 269 g/mol. The normalized spacial score (nSPS) is 26.8. The van der Waals surface area contributed by atoms with Gasteiger partial charge in [0.1, 0.15) is 5.78 Å². The Morgan fingerprint density at radius 1 is 1.42 bits per heavy atom. The molecule has 1 aliphatic carbocycles. The molecule has 3 nitrogen and oxygen atoms in total. The van der Waals surface area contributed by atoms with Crippen LogP contribution in [-0.2, 0) is 9.53 Å². The van der Waals surface area contributed by atoms with Crippen molar-refractivity contribution in [3.05, 3.63) is 0 Å². The van der Waals surface area contributed by atoms with E-state index in [4.69, 9.17) is 4.74 Å². The lowest BCUT2D eigenvalue weighted by Crippen LogP contribution is -2.42. The molecule has 3 unspecified atom stereocenters. The van der Waals surface area contributed by atoms with Gasteiger partial charge in [0.05, 0.1) is 6.61 Å². The Morgan fingerprint density at radius 3 is 2.58 bits per heavy atom. The van der Waals surface area contributed by atoms with Crippen LogP contribution in [-0.4, -0.2) is 44.0 Å². The number of hydrogen-bond acceptors (Lipinski definition) is 3. The summed E-state index contributed by atoms with van der Waals surface area (Å²) in [7, 11) is 3.82. The van der Waals surface area contributed by atoms with E-state index in [1.807, 2.05) is 0 Å². The Morgan fingerprint density at radius 2 is 2.05 bits per heavy atom. The molecular formula is C16H31NO2. The molecular weight excluding hydrogens is 238 g/mol.